The van der Waals surface area contributed by atoms with Crippen LogP contribution in [0.2, 0.25) is 0 Å². The number of anilines is 1. The van der Waals surface area contributed by atoms with Gasteiger partial charge in [0.05, 0.1) is 5.69 Å². The van der Waals surface area contributed by atoms with Gasteiger partial charge in [0.1, 0.15) is 5.76 Å². The van der Waals surface area contributed by atoms with Gasteiger partial charge in [0.25, 0.3) is 0 Å². The summed E-state index contributed by atoms with van der Waals surface area (Å²) in [6, 6.07) is 0. The van der Waals surface area contributed by atoms with Crippen molar-refractivity contribution in [2.24, 2.45) is 0 Å². The van der Waals surface area contributed by atoms with Crippen molar-refractivity contribution in [3.05, 3.63) is 28.1 Å². The van der Waals surface area contributed by atoms with Crippen LogP contribution in [-0.4, -0.2) is 35.2 Å². The van der Waals surface area contributed by atoms with Crippen molar-refractivity contribution < 1.29 is 4.52 Å². The van der Waals surface area contributed by atoms with Crippen LogP contribution in [-0.2, 0) is 13.1 Å². The summed E-state index contributed by atoms with van der Waals surface area (Å²) in [5.74, 6) is 0.918. The van der Waals surface area contributed by atoms with Gasteiger partial charge < -0.3 is 9.42 Å². The Balaban J connectivity index is 1.61. The predicted octanol–water partition coefficient (Wildman–Crippen LogP) is 2.98. The molecule has 2 aromatic rings. The van der Waals surface area contributed by atoms with E-state index in [1.807, 2.05) is 31.4 Å². The second-order valence-corrected chi connectivity index (χ2v) is 6.87. The minimum absolute atomic E-state index is 0.859. The maximum absolute atomic E-state index is 5.22. The van der Waals surface area contributed by atoms with Crippen LogP contribution in [0.1, 0.15) is 34.7 Å². The molecule has 1 aliphatic heterocycles. The van der Waals surface area contributed by atoms with E-state index in [9.17, 15) is 0 Å². The Morgan fingerprint density at radius 2 is 2.05 bits per heavy atom. The molecule has 0 aromatic carbocycles. The Morgan fingerprint density at radius 1 is 1.29 bits per heavy atom. The highest BCUT2D eigenvalue weighted by atomic mass is 32.1. The number of thiazole rings is 1. The summed E-state index contributed by atoms with van der Waals surface area (Å²) in [4.78, 5) is 10.6. The van der Waals surface area contributed by atoms with E-state index in [0.717, 1.165) is 37.6 Å². The van der Waals surface area contributed by atoms with Gasteiger partial charge in [-0.2, -0.15) is 0 Å². The number of rotatable bonds is 5. The Labute approximate surface area is 129 Å². The summed E-state index contributed by atoms with van der Waals surface area (Å²) in [7, 11) is 2.13. The van der Waals surface area contributed by atoms with Crippen LogP contribution in [0.25, 0.3) is 0 Å². The van der Waals surface area contributed by atoms with Crippen molar-refractivity contribution in [1.82, 2.24) is 15.0 Å². The van der Waals surface area contributed by atoms with E-state index >= 15 is 0 Å². The summed E-state index contributed by atoms with van der Waals surface area (Å²) < 4.78 is 5.22. The van der Waals surface area contributed by atoms with Crippen LogP contribution < -0.4 is 4.90 Å². The van der Waals surface area contributed by atoms with Crippen molar-refractivity contribution in [3.63, 3.8) is 0 Å². The van der Waals surface area contributed by atoms with Crippen molar-refractivity contribution in [2.75, 3.05) is 25.0 Å². The topological polar surface area (TPSA) is 45.4 Å². The second kappa shape index (κ2) is 6.15. The van der Waals surface area contributed by atoms with Gasteiger partial charge in [-0.15, -0.1) is 11.3 Å². The van der Waals surface area contributed by atoms with Gasteiger partial charge in [-0.1, -0.05) is 5.16 Å². The lowest BCUT2D eigenvalue weighted by Crippen LogP contribution is -2.17. The SMILES string of the molecule is Cc1noc(C)c1CN(C)Cc1cnc(N2CCCC2)s1. The zero-order valence-electron chi connectivity index (χ0n) is 12.9. The molecule has 2 aromatic heterocycles. The monoisotopic (exact) mass is 306 g/mol. The van der Waals surface area contributed by atoms with E-state index < -0.39 is 0 Å². The van der Waals surface area contributed by atoms with Gasteiger partial charge in [-0.25, -0.2) is 4.98 Å². The first-order valence-corrected chi connectivity index (χ1v) is 8.25. The molecule has 1 fully saturated rings. The van der Waals surface area contributed by atoms with Crippen LogP contribution in [0, 0.1) is 13.8 Å². The van der Waals surface area contributed by atoms with Crippen molar-refractivity contribution in [3.8, 4) is 0 Å². The Hall–Kier alpha value is -1.40. The lowest BCUT2D eigenvalue weighted by Gasteiger charge is -2.15. The van der Waals surface area contributed by atoms with Crippen LogP contribution in [0.3, 0.4) is 0 Å². The Morgan fingerprint density at radius 3 is 2.71 bits per heavy atom. The molecular formula is C15H22N4OS. The van der Waals surface area contributed by atoms with Gasteiger partial charge in [-0.3, -0.25) is 4.90 Å². The molecule has 0 N–H and O–H groups in total. The van der Waals surface area contributed by atoms with Gasteiger partial charge in [0.2, 0.25) is 0 Å². The lowest BCUT2D eigenvalue weighted by atomic mass is 10.2. The summed E-state index contributed by atoms with van der Waals surface area (Å²) in [6.07, 6.45) is 4.60. The molecule has 3 rings (SSSR count). The Kier molecular flexibility index (Phi) is 4.26. The predicted molar refractivity (Wildman–Crippen MR) is 84.7 cm³/mol. The number of hydrogen-bond donors (Lipinski definition) is 0. The average Bonchev–Trinajstić information content (AvgIpc) is 3.16. The molecule has 0 bridgehead atoms. The first-order valence-electron chi connectivity index (χ1n) is 7.43. The molecule has 0 atom stereocenters. The fourth-order valence-corrected chi connectivity index (χ4v) is 3.79. The van der Waals surface area contributed by atoms with E-state index in [1.165, 1.54) is 28.4 Å². The molecule has 0 aliphatic carbocycles. The van der Waals surface area contributed by atoms with Crippen LogP contribution >= 0.6 is 11.3 Å². The van der Waals surface area contributed by atoms with Gasteiger partial charge in [0, 0.05) is 42.8 Å². The Bertz CT molecular complexity index is 581. The number of aryl methyl sites for hydroxylation is 2. The van der Waals surface area contributed by atoms with E-state index in [2.05, 4.69) is 27.0 Å². The van der Waals surface area contributed by atoms with Gasteiger partial charge in [-0.05, 0) is 33.7 Å². The molecule has 0 saturated carbocycles. The maximum atomic E-state index is 5.22. The fourth-order valence-electron chi connectivity index (χ4n) is 2.74. The first kappa shape index (κ1) is 14.5. The van der Waals surface area contributed by atoms with E-state index in [-0.39, 0.29) is 0 Å². The molecule has 5 nitrogen and oxygen atoms in total. The van der Waals surface area contributed by atoms with Gasteiger partial charge in [0.15, 0.2) is 5.13 Å². The maximum Gasteiger partial charge on any atom is 0.185 e. The standard InChI is InChI=1S/C15H22N4OS/c1-11-14(12(2)20-17-11)10-18(3)9-13-8-16-15(21-13)19-6-4-5-7-19/h8H,4-7,9-10H2,1-3H3. The third-order valence-corrected chi connectivity index (χ3v) is 5.00. The van der Waals surface area contributed by atoms with Crippen LogP contribution in [0.4, 0.5) is 5.13 Å². The molecule has 1 saturated heterocycles. The third-order valence-electron chi connectivity index (χ3n) is 3.95. The van der Waals surface area contributed by atoms with E-state index in [4.69, 9.17) is 4.52 Å². The zero-order valence-corrected chi connectivity index (χ0v) is 13.7. The number of aromatic nitrogens is 2. The summed E-state index contributed by atoms with van der Waals surface area (Å²) in [5.41, 5.74) is 2.18. The van der Waals surface area contributed by atoms with Gasteiger partial charge >= 0.3 is 0 Å². The highest BCUT2D eigenvalue weighted by Crippen LogP contribution is 2.27. The minimum Gasteiger partial charge on any atom is -0.361 e. The molecule has 21 heavy (non-hydrogen) atoms. The average molecular weight is 306 g/mol. The number of nitrogens with zero attached hydrogens (tertiary/aromatic N) is 4. The normalized spacial score (nSPS) is 15.3. The molecule has 0 amide bonds. The molecule has 114 valence electrons. The summed E-state index contributed by atoms with van der Waals surface area (Å²) >= 11 is 1.81. The smallest absolute Gasteiger partial charge is 0.185 e. The fraction of sp³-hybridized carbons (Fsp3) is 0.600. The quantitative estimate of drug-likeness (QED) is 0.850. The van der Waals surface area contributed by atoms with E-state index in [0.29, 0.717) is 0 Å². The van der Waals surface area contributed by atoms with E-state index in [1.54, 1.807) is 0 Å². The highest BCUT2D eigenvalue weighted by molar-refractivity contribution is 7.15. The molecule has 0 radical (unpaired) electrons. The molecule has 3 heterocycles. The first-order chi connectivity index (χ1) is 10.1. The highest BCUT2D eigenvalue weighted by Gasteiger charge is 2.17. The molecule has 1 aliphatic rings. The molecular weight excluding hydrogens is 284 g/mol. The van der Waals surface area contributed by atoms with Crippen molar-refractivity contribution in [1.29, 1.82) is 0 Å². The second-order valence-electron chi connectivity index (χ2n) is 5.78. The minimum atomic E-state index is 0.859. The lowest BCUT2D eigenvalue weighted by molar-refractivity contribution is 0.317. The van der Waals surface area contributed by atoms with Crippen molar-refractivity contribution >= 4 is 16.5 Å². The van der Waals surface area contributed by atoms with Crippen molar-refractivity contribution in [2.45, 2.75) is 39.8 Å². The van der Waals surface area contributed by atoms with Crippen LogP contribution in [0.15, 0.2) is 10.7 Å². The molecule has 0 unspecified atom stereocenters. The largest absolute Gasteiger partial charge is 0.361 e. The summed E-state index contributed by atoms with van der Waals surface area (Å²) in [5, 5.41) is 5.19. The number of hydrogen-bond acceptors (Lipinski definition) is 6. The third kappa shape index (κ3) is 3.27. The summed E-state index contributed by atoms with van der Waals surface area (Å²) in [6.45, 7) is 8.05. The molecule has 6 heteroatoms. The zero-order chi connectivity index (χ0) is 14.8. The molecule has 0 spiro atoms. The van der Waals surface area contributed by atoms with Crippen LogP contribution in [0.5, 0.6) is 0 Å².